The number of nitrogen functional groups attached to an aromatic ring is 1. The van der Waals surface area contributed by atoms with Crippen LogP contribution in [0.2, 0.25) is 0 Å². The van der Waals surface area contributed by atoms with Gasteiger partial charge in [-0.2, -0.15) is 0 Å². The highest BCUT2D eigenvalue weighted by atomic mass is 16.6. The van der Waals surface area contributed by atoms with Crippen LogP contribution in [0.5, 0.6) is 11.5 Å². The van der Waals surface area contributed by atoms with Gasteiger partial charge in [0.05, 0.1) is 29.2 Å². The lowest BCUT2D eigenvalue weighted by atomic mass is 9.88. The summed E-state index contributed by atoms with van der Waals surface area (Å²) in [5.41, 5.74) is 6.04. The standard InChI is InChI=1S/C39H45N3O11/c1-38(2,3)52-30(43)20-41-34(45)28-15-14-27(33-32(28)50-16-8-11-23-19-25(40)12-13-26(23)37(49)51-33)29(18-22-9-7-10-24(17-22)36(47)48)35(46)42-21-31(44)53-39(4,5)6/h7,9-10,12-15,17,19,29H,8,11,16,18,20-21,40H2,1-6H3,(H,41,45)(H,42,46)(H,47,48). The molecule has 1 atom stereocenters. The van der Waals surface area contributed by atoms with Crippen LogP contribution in [0, 0.1) is 0 Å². The molecule has 53 heavy (non-hydrogen) atoms. The molecule has 0 radical (unpaired) electrons. The first-order chi connectivity index (χ1) is 24.8. The van der Waals surface area contributed by atoms with Crippen LogP contribution in [0.4, 0.5) is 5.69 Å². The van der Waals surface area contributed by atoms with Crippen LogP contribution >= 0.6 is 0 Å². The molecule has 14 nitrogen and oxygen atoms in total. The number of anilines is 1. The lowest BCUT2D eigenvalue weighted by Gasteiger charge is -2.25. The number of aromatic carboxylic acids is 1. The number of aryl methyl sites for hydroxylation is 1. The molecular weight excluding hydrogens is 686 g/mol. The van der Waals surface area contributed by atoms with Gasteiger partial charge in [-0.3, -0.25) is 19.2 Å². The molecule has 2 amide bonds. The second-order valence-corrected chi connectivity index (χ2v) is 14.5. The molecule has 1 unspecified atom stereocenters. The highest BCUT2D eigenvalue weighted by molar-refractivity contribution is 6.01. The van der Waals surface area contributed by atoms with Gasteiger partial charge in [0.25, 0.3) is 5.91 Å². The third kappa shape index (κ3) is 11.3. The highest BCUT2D eigenvalue weighted by Gasteiger charge is 2.33. The first kappa shape index (κ1) is 39.9. The van der Waals surface area contributed by atoms with Crippen molar-refractivity contribution in [1.82, 2.24) is 10.6 Å². The third-order valence-corrected chi connectivity index (χ3v) is 7.71. The number of benzene rings is 3. The number of carboxylic acid groups (broad SMARTS) is 1. The van der Waals surface area contributed by atoms with Crippen molar-refractivity contribution in [3.05, 3.63) is 88.0 Å². The van der Waals surface area contributed by atoms with E-state index in [4.69, 9.17) is 24.7 Å². The lowest BCUT2D eigenvalue weighted by molar-refractivity contribution is -0.155. The average Bonchev–Trinajstić information content (AvgIpc) is 3.05. The monoisotopic (exact) mass is 731 g/mol. The second kappa shape index (κ2) is 16.6. The SMILES string of the molecule is CC(C)(C)OC(=O)CNC(=O)c1ccc(C(Cc2cccc(C(=O)O)c2)C(=O)NCC(=O)OC(C)(C)C)c2c1OCCCc1cc(N)ccc1C(=O)O2. The Morgan fingerprint density at radius 2 is 1.53 bits per heavy atom. The van der Waals surface area contributed by atoms with Crippen molar-refractivity contribution in [2.75, 3.05) is 25.4 Å². The Hall–Kier alpha value is -5.92. The van der Waals surface area contributed by atoms with Gasteiger partial charge < -0.3 is 40.4 Å². The molecule has 0 fully saturated rings. The molecule has 0 bridgehead atoms. The summed E-state index contributed by atoms with van der Waals surface area (Å²) in [6.45, 7) is 9.17. The summed E-state index contributed by atoms with van der Waals surface area (Å²) in [5.74, 6) is -6.48. The minimum absolute atomic E-state index is 0.0267. The molecule has 0 saturated heterocycles. The Balaban J connectivity index is 1.85. The van der Waals surface area contributed by atoms with E-state index in [0.717, 1.165) is 0 Å². The third-order valence-electron chi connectivity index (χ3n) is 7.71. The van der Waals surface area contributed by atoms with Crippen LogP contribution in [-0.2, 0) is 36.7 Å². The Morgan fingerprint density at radius 1 is 0.868 bits per heavy atom. The zero-order valence-electron chi connectivity index (χ0n) is 30.6. The van der Waals surface area contributed by atoms with Gasteiger partial charge in [0, 0.05) is 11.3 Å². The quantitative estimate of drug-likeness (QED) is 0.130. The van der Waals surface area contributed by atoms with Crippen LogP contribution in [0.15, 0.2) is 54.6 Å². The Kier molecular flexibility index (Phi) is 12.5. The summed E-state index contributed by atoms with van der Waals surface area (Å²) >= 11 is 0. The van der Waals surface area contributed by atoms with Crippen molar-refractivity contribution >= 4 is 41.4 Å². The van der Waals surface area contributed by atoms with E-state index < -0.39 is 65.9 Å². The number of rotatable bonds is 10. The Morgan fingerprint density at radius 3 is 2.17 bits per heavy atom. The smallest absolute Gasteiger partial charge is 0.343 e. The zero-order chi connectivity index (χ0) is 39.1. The highest BCUT2D eigenvalue weighted by Crippen LogP contribution is 2.42. The van der Waals surface area contributed by atoms with E-state index in [1.165, 1.54) is 36.4 Å². The van der Waals surface area contributed by atoms with Crippen molar-refractivity contribution in [2.45, 2.75) is 77.9 Å². The van der Waals surface area contributed by atoms with Crippen LogP contribution in [0.25, 0.3) is 0 Å². The topological polar surface area (TPSA) is 210 Å². The van der Waals surface area contributed by atoms with Crippen LogP contribution in [0.1, 0.15) is 102 Å². The number of hydrogen-bond donors (Lipinski definition) is 4. The molecule has 14 heteroatoms. The summed E-state index contributed by atoms with van der Waals surface area (Å²) < 4.78 is 22.8. The van der Waals surface area contributed by atoms with E-state index in [1.54, 1.807) is 59.7 Å². The van der Waals surface area contributed by atoms with Gasteiger partial charge in [-0.15, -0.1) is 0 Å². The predicted molar refractivity (Wildman–Crippen MR) is 193 cm³/mol. The summed E-state index contributed by atoms with van der Waals surface area (Å²) in [4.78, 5) is 78.4. The second-order valence-electron chi connectivity index (χ2n) is 14.5. The maximum atomic E-state index is 14.1. The van der Waals surface area contributed by atoms with Crippen molar-refractivity contribution < 1.29 is 52.8 Å². The van der Waals surface area contributed by atoms with E-state index in [0.29, 0.717) is 29.7 Å². The number of hydrogen-bond acceptors (Lipinski definition) is 11. The van der Waals surface area contributed by atoms with Crippen molar-refractivity contribution in [3.8, 4) is 11.5 Å². The van der Waals surface area contributed by atoms with E-state index >= 15 is 0 Å². The maximum Gasteiger partial charge on any atom is 0.343 e. The van der Waals surface area contributed by atoms with Crippen molar-refractivity contribution in [3.63, 3.8) is 0 Å². The number of ether oxygens (including phenoxy) is 4. The average molecular weight is 732 g/mol. The largest absolute Gasteiger partial charge is 0.489 e. The maximum absolute atomic E-state index is 14.1. The van der Waals surface area contributed by atoms with E-state index in [9.17, 15) is 33.9 Å². The number of nitrogens with two attached hydrogens (primary N) is 1. The normalized spacial score (nSPS) is 13.5. The molecule has 1 heterocycles. The zero-order valence-corrected chi connectivity index (χ0v) is 30.6. The van der Waals surface area contributed by atoms with Gasteiger partial charge >= 0.3 is 23.9 Å². The minimum atomic E-state index is -1.22. The first-order valence-electron chi connectivity index (χ1n) is 17.0. The molecule has 282 valence electrons. The van der Waals surface area contributed by atoms with Gasteiger partial charge in [0.2, 0.25) is 5.91 Å². The van der Waals surface area contributed by atoms with E-state index in [1.807, 2.05) is 0 Å². The van der Waals surface area contributed by atoms with Gasteiger partial charge in [-0.05, 0) is 108 Å². The molecular formula is C39H45N3O11. The van der Waals surface area contributed by atoms with Crippen molar-refractivity contribution in [1.29, 1.82) is 0 Å². The lowest BCUT2D eigenvalue weighted by Crippen LogP contribution is -2.38. The minimum Gasteiger partial charge on any atom is -0.489 e. The van der Waals surface area contributed by atoms with Crippen molar-refractivity contribution in [2.24, 2.45) is 0 Å². The molecule has 4 rings (SSSR count). The van der Waals surface area contributed by atoms with E-state index in [2.05, 4.69) is 10.6 Å². The number of esters is 3. The fourth-order valence-corrected chi connectivity index (χ4v) is 5.58. The molecule has 0 saturated carbocycles. The number of carbonyl (C=O) groups excluding carboxylic acids is 5. The summed E-state index contributed by atoms with van der Waals surface area (Å²) in [5, 5.41) is 14.7. The predicted octanol–water partition coefficient (Wildman–Crippen LogP) is 4.37. The summed E-state index contributed by atoms with van der Waals surface area (Å²) in [6.07, 6.45) is 0.664. The van der Waals surface area contributed by atoms with Gasteiger partial charge in [-0.25, -0.2) is 9.59 Å². The van der Waals surface area contributed by atoms with Crippen LogP contribution in [0.3, 0.4) is 0 Å². The Labute approximate surface area is 307 Å². The number of fused-ring (bicyclic) bond motifs is 2. The summed E-state index contributed by atoms with van der Waals surface area (Å²) in [6, 6.07) is 13.5. The molecule has 3 aromatic carbocycles. The number of carboxylic acids is 1. The Bertz CT molecular complexity index is 1910. The molecule has 5 N–H and O–H groups in total. The number of carbonyl (C=O) groups is 6. The van der Waals surface area contributed by atoms with Crippen LogP contribution in [-0.4, -0.2) is 71.7 Å². The van der Waals surface area contributed by atoms with Gasteiger partial charge in [-0.1, -0.05) is 18.2 Å². The fraction of sp³-hybridized carbons (Fsp3) is 0.385. The summed E-state index contributed by atoms with van der Waals surface area (Å²) in [7, 11) is 0. The number of amides is 2. The van der Waals surface area contributed by atoms with Crippen LogP contribution < -0.4 is 25.8 Å². The molecule has 0 aromatic heterocycles. The molecule has 0 aliphatic carbocycles. The molecule has 1 aliphatic heterocycles. The number of nitrogens with one attached hydrogen (secondary N) is 2. The van der Waals surface area contributed by atoms with Gasteiger partial charge in [0.15, 0.2) is 11.5 Å². The van der Waals surface area contributed by atoms with E-state index in [-0.39, 0.29) is 46.8 Å². The fourth-order valence-electron chi connectivity index (χ4n) is 5.58. The molecule has 1 aliphatic rings. The molecule has 0 spiro atoms. The first-order valence-corrected chi connectivity index (χ1v) is 17.0. The molecule has 3 aromatic rings. The van der Waals surface area contributed by atoms with Gasteiger partial charge in [0.1, 0.15) is 24.3 Å².